The maximum atomic E-state index is 13.0. The Morgan fingerprint density at radius 3 is 2.71 bits per heavy atom. The van der Waals surface area contributed by atoms with Gasteiger partial charge >= 0.3 is 0 Å². The predicted octanol–water partition coefficient (Wildman–Crippen LogP) is 4.67. The smallest absolute Gasteiger partial charge is 0.251 e. The van der Waals surface area contributed by atoms with Gasteiger partial charge in [0, 0.05) is 40.1 Å². The lowest BCUT2D eigenvalue weighted by molar-refractivity contribution is -0.115. The molecule has 38 heavy (non-hydrogen) atoms. The van der Waals surface area contributed by atoms with Crippen LogP contribution in [-0.4, -0.2) is 47.3 Å². The molecule has 190 valence electrons. The topological polar surface area (TPSA) is 99.2 Å². The fourth-order valence-electron chi connectivity index (χ4n) is 4.27. The average molecular weight is 525 g/mol. The molecule has 0 saturated heterocycles. The van der Waals surface area contributed by atoms with E-state index in [4.69, 9.17) is 11.6 Å². The highest BCUT2D eigenvalue weighted by atomic mass is 35.5. The Kier molecular flexibility index (Phi) is 7.22. The third-order valence-corrected chi connectivity index (χ3v) is 6.30. The van der Waals surface area contributed by atoms with Crippen molar-refractivity contribution in [3.63, 3.8) is 0 Å². The first-order chi connectivity index (χ1) is 18.4. The molecule has 3 aromatic carbocycles. The Balaban J connectivity index is 1.33. The molecular weight excluding hydrogens is 500 g/mol. The summed E-state index contributed by atoms with van der Waals surface area (Å²) in [6.45, 7) is 0.648. The summed E-state index contributed by atoms with van der Waals surface area (Å²) in [5.74, 6) is 0.0475. The van der Waals surface area contributed by atoms with Gasteiger partial charge in [-0.15, -0.1) is 0 Å². The molecule has 1 atom stereocenters. The fourth-order valence-corrected chi connectivity index (χ4v) is 4.45. The van der Waals surface area contributed by atoms with Gasteiger partial charge in [0.05, 0.1) is 23.8 Å². The highest BCUT2D eigenvalue weighted by Crippen LogP contribution is 2.34. The summed E-state index contributed by atoms with van der Waals surface area (Å²) < 4.78 is 0. The van der Waals surface area contributed by atoms with Crippen molar-refractivity contribution < 1.29 is 9.59 Å². The van der Waals surface area contributed by atoms with Crippen molar-refractivity contribution in [2.24, 2.45) is 0 Å². The first kappa shape index (κ1) is 25.2. The van der Waals surface area contributed by atoms with Crippen LogP contribution in [0.1, 0.15) is 27.5 Å². The number of rotatable bonds is 7. The molecule has 1 aliphatic heterocycles. The molecule has 0 spiro atoms. The van der Waals surface area contributed by atoms with Crippen molar-refractivity contribution in [3.05, 3.63) is 101 Å². The molecule has 1 unspecified atom stereocenters. The van der Waals surface area contributed by atoms with Crippen molar-refractivity contribution in [2.75, 3.05) is 31.3 Å². The van der Waals surface area contributed by atoms with Gasteiger partial charge in [-0.05, 0) is 80.3 Å². The molecule has 0 aliphatic carbocycles. The summed E-state index contributed by atoms with van der Waals surface area (Å²) in [6.07, 6.45) is 1.82. The molecule has 0 bridgehead atoms. The summed E-state index contributed by atoms with van der Waals surface area (Å²) in [7, 11) is 3.93. The van der Waals surface area contributed by atoms with Crippen molar-refractivity contribution in [3.8, 4) is 11.3 Å². The SMILES string of the molecule is CN(C)CC(NC(=O)c1ccc(Nc2ncc3c(n2)-c2ccc(Cl)cc2NC(=O)C3)cc1)c1cc#ccc1. The fraction of sp³-hybridized carbons (Fsp3) is 0.172. The highest BCUT2D eigenvalue weighted by Gasteiger charge is 2.21. The Morgan fingerprint density at radius 2 is 1.97 bits per heavy atom. The minimum atomic E-state index is -0.187. The van der Waals surface area contributed by atoms with Crippen LogP contribution in [0.15, 0.2) is 66.9 Å². The zero-order valence-corrected chi connectivity index (χ0v) is 21.6. The molecule has 8 nitrogen and oxygen atoms in total. The van der Waals surface area contributed by atoms with Gasteiger partial charge in [-0.3, -0.25) is 9.59 Å². The number of fused-ring (bicyclic) bond motifs is 3. The number of carbonyl (C=O) groups is 2. The summed E-state index contributed by atoms with van der Waals surface area (Å²) in [5.41, 5.74) is 4.98. The number of carbonyl (C=O) groups excluding carboxylic acids is 2. The van der Waals surface area contributed by atoms with E-state index < -0.39 is 0 Å². The summed E-state index contributed by atoms with van der Waals surface area (Å²) in [5, 5.41) is 9.69. The molecular formula is C29H25ClN6O2. The largest absolute Gasteiger partial charge is 0.344 e. The Bertz CT molecular complexity index is 1470. The number of aromatic nitrogens is 2. The number of amides is 2. The van der Waals surface area contributed by atoms with Crippen molar-refractivity contribution in [1.29, 1.82) is 0 Å². The molecule has 0 radical (unpaired) electrons. The van der Waals surface area contributed by atoms with Crippen LogP contribution >= 0.6 is 11.6 Å². The number of nitrogens with one attached hydrogen (secondary N) is 3. The molecule has 5 rings (SSSR count). The minimum Gasteiger partial charge on any atom is -0.344 e. The Labute approximate surface area is 226 Å². The van der Waals surface area contributed by atoms with E-state index in [1.54, 1.807) is 48.7 Å². The maximum absolute atomic E-state index is 13.0. The standard InChI is InChI=1S/C29H25ClN6O2/c1-36(2)17-25(18-6-4-3-5-7-18)34-28(38)19-8-11-22(12-9-19)32-29-31-16-20-14-26(37)33-24-15-21(30)10-13-23(24)27(20)35-29/h4,6-13,15-16,25H,14,17H2,1-2H3,(H,33,37)(H,34,38)(H,31,32,35). The lowest BCUT2D eigenvalue weighted by atomic mass is 10.1. The molecule has 1 aliphatic rings. The van der Waals surface area contributed by atoms with Gasteiger partial charge in [0.25, 0.3) is 5.91 Å². The number of hydrogen-bond acceptors (Lipinski definition) is 6. The van der Waals surface area contributed by atoms with E-state index in [9.17, 15) is 9.59 Å². The lowest BCUT2D eigenvalue weighted by Crippen LogP contribution is -2.35. The number of likely N-dealkylation sites (N-methyl/N-ethyl adjacent to an activating group) is 1. The van der Waals surface area contributed by atoms with Crippen LogP contribution in [0.25, 0.3) is 11.3 Å². The van der Waals surface area contributed by atoms with E-state index in [0.717, 1.165) is 22.4 Å². The molecule has 1 aromatic heterocycles. The van der Waals surface area contributed by atoms with Crippen LogP contribution in [0.3, 0.4) is 0 Å². The maximum Gasteiger partial charge on any atom is 0.251 e. The van der Waals surface area contributed by atoms with Crippen LogP contribution in [0.4, 0.5) is 17.3 Å². The van der Waals surface area contributed by atoms with E-state index in [2.05, 4.69) is 38.1 Å². The minimum absolute atomic E-state index is 0.151. The van der Waals surface area contributed by atoms with Crippen molar-refractivity contribution in [1.82, 2.24) is 20.2 Å². The Morgan fingerprint density at radius 1 is 1.16 bits per heavy atom. The second-order valence-electron chi connectivity index (χ2n) is 9.24. The van der Waals surface area contributed by atoms with E-state index in [1.165, 1.54) is 0 Å². The summed E-state index contributed by atoms with van der Waals surface area (Å²) in [4.78, 5) is 36.4. The summed E-state index contributed by atoms with van der Waals surface area (Å²) >= 11 is 6.13. The third kappa shape index (κ3) is 5.75. The van der Waals surface area contributed by atoms with Crippen LogP contribution in [0.2, 0.25) is 5.02 Å². The second kappa shape index (κ2) is 10.9. The molecule has 0 fully saturated rings. The number of anilines is 3. The van der Waals surface area contributed by atoms with E-state index in [1.807, 2.05) is 37.2 Å². The number of hydrogen-bond donors (Lipinski definition) is 3. The van der Waals surface area contributed by atoms with Crippen molar-refractivity contribution in [2.45, 2.75) is 12.5 Å². The normalized spacial score (nSPS) is 12.9. The average Bonchev–Trinajstić information content (AvgIpc) is 3.03. The second-order valence-corrected chi connectivity index (χ2v) is 9.68. The van der Waals surface area contributed by atoms with Crippen LogP contribution in [0, 0.1) is 12.1 Å². The van der Waals surface area contributed by atoms with Gasteiger partial charge in [0.1, 0.15) is 0 Å². The lowest BCUT2D eigenvalue weighted by Gasteiger charge is -2.22. The molecule has 4 aromatic rings. The molecule has 2 amide bonds. The zero-order valence-electron chi connectivity index (χ0n) is 20.9. The van der Waals surface area contributed by atoms with Gasteiger partial charge < -0.3 is 20.9 Å². The zero-order chi connectivity index (χ0) is 26.6. The first-order valence-corrected chi connectivity index (χ1v) is 12.4. The first-order valence-electron chi connectivity index (χ1n) is 12.0. The number of halogens is 1. The van der Waals surface area contributed by atoms with E-state index in [0.29, 0.717) is 34.5 Å². The highest BCUT2D eigenvalue weighted by molar-refractivity contribution is 6.31. The van der Waals surface area contributed by atoms with Crippen LogP contribution in [0.5, 0.6) is 0 Å². The molecule has 9 heteroatoms. The quantitative estimate of drug-likeness (QED) is 0.325. The summed E-state index contributed by atoms with van der Waals surface area (Å²) in [6, 6.07) is 23.6. The van der Waals surface area contributed by atoms with Gasteiger partial charge in [-0.1, -0.05) is 23.7 Å². The predicted molar refractivity (Wildman–Crippen MR) is 147 cm³/mol. The monoisotopic (exact) mass is 524 g/mol. The van der Waals surface area contributed by atoms with Gasteiger partial charge in [-0.2, -0.15) is 0 Å². The molecule has 3 N–H and O–H groups in total. The van der Waals surface area contributed by atoms with E-state index >= 15 is 0 Å². The third-order valence-electron chi connectivity index (χ3n) is 6.07. The molecule has 2 heterocycles. The van der Waals surface area contributed by atoms with Gasteiger partial charge in [-0.25, -0.2) is 9.97 Å². The van der Waals surface area contributed by atoms with Gasteiger partial charge in [0.2, 0.25) is 11.9 Å². The van der Waals surface area contributed by atoms with Gasteiger partial charge in [0.15, 0.2) is 0 Å². The Hall–Kier alpha value is -4.45. The van der Waals surface area contributed by atoms with E-state index in [-0.39, 0.29) is 24.3 Å². The van der Waals surface area contributed by atoms with Crippen LogP contribution < -0.4 is 16.0 Å². The molecule has 0 saturated carbocycles. The number of nitrogens with zero attached hydrogens (tertiary/aromatic N) is 3. The van der Waals surface area contributed by atoms with Crippen molar-refractivity contribution >= 4 is 40.7 Å². The van der Waals surface area contributed by atoms with Crippen LogP contribution in [-0.2, 0) is 11.2 Å². The number of benzene rings is 2.